The number of benzene rings is 1. The van der Waals surface area contributed by atoms with Crippen molar-refractivity contribution in [3.05, 3.63) is 16.6 Å². The van der Waals surface area contributed by atoms with Crippen LogP contribution in [0.1, 0.15) is 13.3 Å². The molecule has 0 aliphatic rings. The van der Waals surface area contributed by atoms with Crippen LogP contribution in [0.4, 0.5) is 5.69 Å². The number of ether oxygens (including phenoxy) is 1. The first-order valence-corrected chi connectivity index (χ1v) is 7.32. The molecule has 0 aliphatic carbocycles. The third-order valence-electron chi connectivity index (χ3n) is 2.11. The molecule has 17 heavy (non-hydrogen) atoms. The van der Waals surface area contributed by atoms with E-state index >= 15 is 0 Å². The number of hydrogen-bond donors (Lipinski definition) is 2. The van der Waals surface area contributed by atoms with E-state index in [4.69, 9.17) is 10.5 Å². The summed E-state index contributed by atoms with van der Waals surface area (Å²) in [5.41, 5.74) is 6.02. The number of methoxy groups -OCH3 is 1. The Hall–Kier alpha value is -0.790. The monoisotopic (exact) mass is 322 g/mol. The molecule has 0 aliphatic heterocycles. The highest BCUT2D eigenvalue weighted by Gasteiger charge is 2.20. The SMILES string of the molecule is CCCNS(=O)(=O)c1cc(N)c(Br)cc1OC. The Balaban J connectivity index is 3.25. The van der Waals surface area contributed by atoms with Gasteiger partial charge in [0.2, 0.25) is 10.0 Å². The molecule has 0 atom stereocenters. The number of hydrogen-bond acceptors (Lipinski definition) is 4. The van der Waals surface area contributed by atoms with Crippen LogP contribution in [0.15, 0.2) is 21.5 Å². The molecular formula is C10H15BrN2O3S. The maximum absolute atomic E-state index is 12.0. The molecule has 0 saturated carbocycles. The Bertz CT molecular complexity index is 503. The van der Waals surface area contributed by atoms with Crippen molar-refractivity contribution < 1.29 is 13.2 Å². The molecule has 0 heterocycles. The Morgan fingerprint density at radius 3 is 2.65 bits per heavy atom. The predicted molar refractivity (Wildman–Crippen MR) is 70.6 cm³/mol. The van der Waals surface area contributed by atoms with E-state index < -0.39 is 10.0 Å². The quantitative estimate of drug-likeness (QED) is 0.809. The van der Waals surface area contributed by atoms with Gasteiger partial charge < -0.3 is 10.5 Å². The van der Waals surface area contributed by atoms with Gasteiger partial charge in [0.1, 0.15) is 10.6 Å². The van der Waals surface area contributed by atoms with Crippen molar-refractivity contribution >= 4 is 31.6 Å². The van der Waals surface area contributed by atoms with Crippen molar-refractivity contribution in [3.8, 4) is 5.75 Å². The fourth-order valence-electron chi connectivity index (χ4n) is 1.23. The summed E-state index contributed by atoms with van der Waals surface area (Å²) in [6.07, 6.45) is 0.716. The van der Waals surface area contributed by atoms with Gasteiger partial charge in [-0.15, -0.1) is 0 Å². The van der Waals surface area contributed by atoms with Crippen LogP contribution < -0.4 is 15.2 Å². The third-order valence-corrected chi connectivity index (χ3v) is 4.28. The van der Waals surface area contributed by atoms with E-state index in [1.54, 1.807) is 0 Å². The predicted octanol–water partition coefficient (Wildman–Crippen LogP) is 1.73. The van der Waals surface area contributed by atoms with Gasteiger partial charge in [-0.25, -0.2) is 13.1 Å². The van der Waals surface area contributed by atoms with E-state index in [9.17, 15) is 8.42 Å². The topological polar surface area (TPSA) is 81.4 Å². The van der Waals surface area contributed by atoms with E-state index in [1.807, 2.05) is 6.92 Å². The minimum absolute atomic E-state index is 0.0501. The first-order chi connectivity index (χ1) is 7.92. The van der Waals surface area contributed by atoms with E-state index in [1.165, 1.54) is 19.2 Å². The summed E-state index contributed by atoms with van der Waals surface area (Å²) in [4.78, 5) is 0.0501. The summed E-state index contributed by atoms with van der Waals surface area (Å²) in [5.74, 6) is 0.259. The van der Waals surface area contributed by atoms with Gasteiger partial charge in [0.25, 0.3) is 0 Å². The Morgan fingerprint density at radius 2 is 2.12 bits per heavy atom. The molecule has 1 aromatic rings. The molecule has 0 radical (unpaired) electrons. The lowest BCUT2D eigenvalue weighted by Crippen LogP contribution is -2.25. The molecule has 5 nitrogen and oxygen atoms in total. The number of nitrogen functional groups attached to an aromatic ring is 1. The van der Waals surface area contributed by atoms with E-state index in [0.29, 0.717) is 23.1 Å². The molecule has 3 N–H and O–H groups in total. The molecule has 7 heteroatoms. The minimum atomic E-state index is -3.58. The zero-order chi connectivity index (χ0) is 13.1. The summed E-state index contributed by atoms with van der Waals surface area (Å²) in [5, 5.41) is 0. The summed E-state index contributed by atoms with van der Waals surface area (Å²) >= 11 is 3.22. The molecule has 0 unspecified atom stereocenters. The highest BCUT2D eigenvalue weighted by Crippen LogP contribution is 2.32. The lowest BCUT2D eigenvalue weighted by molar-refractivity contribution is 0.402. The van der Waals surface area contributed by atoms with Crippen LogP contribution >= 0.6 is 15.9 Å². The molecule has 1 aromatic carbocycles. The normalized spacial score (nSPS) is 11.5. The second-order valence-corrected chi connectivity index (χ2v) is 6.01. The van der Waals surface area contributed by atoms with Crippen LogP contribution in [0.5, 0.6) is 5.75 Å². The number of nitrogens with one attached hydrogen (secondary N) is 1. The maximum atomic E-state index is 12.0. The number of rotatable bonds is 5. The van der Waals surface area contributed by atoms with Gasteiger partial charge in [-0.2, -0.15) is 0 Å². The standard InChI is InChI=1S/C10H15BrN2O3S/c1-3-4-13-17(14,15)10-6-8(12)7(11)5-9(10)16-2/h5-6,13H,3-4,12H2,1-2H3. The number of halogens is 1. The molecule has 96 valence electrons. The molecule has 0 amide bonds. The van der Waals surface area contributed by atoms with Crippen LogP contribution in [0, 0.1) is 0 Å². The van der Waals surface area contributed by atoms with Gasteiger partial charge in [-0.3, -0.25) is 0 Å². The minimum Gasteiger partial charge on any atom is -0.495 e. The zero-order valence-electron chi connectivity index (χ0n) is 9.66. The Morgan fingerprint density at radius 1 is 1.47 bits per heavy atom. The van der Waals surface area contributed by atoms with E-state index in [0.717, 1.165) is 0 Å². The maximum Gasteiger partial charge on any atom is 0.244 e. The zero-order valence-corrected chi connectivity index (χ0v) is 12.1. The highest BCUT2D eigenvalue weighted by atomic mass is 79.9. The third kappa shape index (κ3) is 3.34. The van der Waals surface area contributed by atoms with Crippen molar-refractivity contribution in [2.45, 2.75) is 18.2 Å². The van der Waals surface area contributed by atoms with Crippen LogP contribution in [-0.4, -0.2) is 22.1 Å². The smallest absolute Gasteiger partial charge is 0.244 e. The van der Waals surface area contributed by atoms with E-state index in [2.05, 4.69) is 20.7 Å². The second-order valence-electron chi connectivity index (χ2n) is 3.42. The summed E-state index contributed by atoms with van der Waals surface area (Å²) in [7, 11) is -2.17. The Labute approximate surface area is 110 Å². The molecule has 0 fully saturated rings. The number of sulfonamides is 1. The largest absolute Gasteiger partial charge is 0.495 e. The van der Waals surface area contributed by atoms with Crippen LogP contribution in [0.2, 0.25) is 0 Å². The summed E-state index contributed by atoms with van der Waals surface area (Å²) < 4.78 is 32.1. The van der Waals surface area contributed by atoms with Crippen molar-refractivity contribution in [2.75, 3.05) is 19.4 Å². The number of nitrogens with two attached hydrogens (primary N) is 1. The van der Waals surface area contributed by atoms with Gasteiger partial charge in [0, 0.05) is 16.7 Å². The van der Waals surface area contributed by atoms with Crippen molar-refractivity contribution in [1.82, 2.24) is 4.72 Å². The molecule has 0 aromatic heterocycles. The lowest BCUT2D eigenvalue weighted by atomic mass is 10.3. The van der Waals surface area contributed by atoms with Gasteiger partial charge in [-0.1, -0.05) is 6.92 Å². The van der Waals surface area contributed by atoms with E-state index in [-0.39, 0.29) is 10.6 Å². The van der Waals surface area contributed by atoms with Crippen LogP contribution in [0.3, 0.4) is 0 Å². The lowest BCUT2D eigenvalue weighted by Gasteiger charge is -2.12. The van der Waals surface area contributed by atoms with Gasteiger partial charge in [-0.05, 0) is 34.5 Å². The number of anilines is 1. The highest BCUT2D eigenvalue weighted by molar-refractivity contribution is 9.10. The van der Waals surface area contributed by atoms with Crippen LogP contribution in [-0.2, 0) is 10.0 Å². The fourth-order valence-corrected chi connectivity index (χ4v) is 2.87. The molecular weight excluding hydrogens is 308 g/mol. The van der Waals surface area contributed by atoms with Gasteiger partial charge >= 0.3 is 0 Å². The van der Waals surface area contributed by atoms with Crippen molar-refractivity contribution in [2.24, 2.45) is 0 Å². The first-order valence-electron chi connectivity index (χ1n) is 5.05. The van der Waals surface area contributed by atoms with Crippen LogP contribution in [0.25, 0.3) is 0 Å². The summed E-state index contributed by atoms with van der Waals surface area (Å²) in [6, 6.07) is 2.91. The molecule has 0 bridgehead atoms. The fraction of sp³-hybridized carbons (Fsp3) is 0.400. The summed E-state index contributed by atoms with van der Waals surface area (Å²) in [6.45, 7) is 2.26. The average molecular weight is 323 g/mol. The van der Waals surface area contributed by atoms with Crippen molar-refractivity contribution in [1.29, 1.82) is 0 Å². The average Bonchev–Trinajstić information content (AvgIpc) is 2.29. The van der Waals surface area contributed by atoms with Gasteiger partial charge in [0.05, 0.1) is 7.11 Å². The molecule has 1 rings (SSSR count). The van der Waals surface area contributed by atoms with Crippen molar-refractivity contribution in [3.63, 3.8) is 0 Å². The molecule has 0 saturated heterocycles. The Kier molecular flexibility index (Phi) is 4.79. The molecule has 0 spiro atoms. The second kappa shape index (κ2) is 5.70. The van der Waals surface area contributed by atoms with Gasteiger partial charge in [0.15, 0.2) is 0 Å². The first kappa shape index (κ1) is 14.3.